The lowest BCUT2D eigenvalue weighted by Crippen LogP contribution is -1.74. The molecule has 0 aliphatic rings. The molecule has 0 rings (SSSR count). The smallest absolute Gasteiger partial charge is 0.0861 e. The van der Waals surface area contributed by atoms with Gasteiger partial charge in [-0.3, -0.25) is 5.41 Å². The topological polar surface area (TPSA) is 23.9 Å². The van der Waals surface area contributed by atoms with Gasteiger partial charge >= 0.3 is 0 Å². The molecule has 0 aromatic heterocycles. The van der Waals surface area contributed by atoms with Crippen LogP contribution in [0.2, 0.25) is 0 Å². The molecule has 0 fully saturated rings. The van der Waals surface area contributed by atoms with Crippen molar-refractivity contribution >= 4 is 16.8 Å². The summed E-state index contributed by atoms with van der Waals surface area (Å²) in [6, 6.07) is 0. The molecule has 0 bridgehead atoms. The summed E-state index contributed by atoms with van der Waals surface area (Å²) < 4.78 is 0. The predicted molar refractivity (Wildman–Crippen MR) is 31.4 cm³/mol. The third-order valence-electron chi connectivity index (χ3n) is 0.405. The van der Waals surface area contributed by atoms with E-state index in [9.17, 15) is 0 Å². The van der Waals surface area contributed by atoms with Gasteiger partial charge in [0.25, 0.3) is 0 Å². The van der Waals surface area contributed by atoms with Gasteiger partial charge in [-0.1, -0.05) is 6.58 Å². The van der Waals surface area contributed by atoms with Gasteiger partial charge in [-0.15, -0.1) is 11.8 Å². The fraction of sp³-hybridized carbons (Fsp3) is 0.250. The largest absolute Gasteiger partial charge is 0.294 e. The number of nitrogens with one attached hydrogen (secondary N) is 1. The van der Waals surface area contributed by atoms with Crippen molar-refractivity contribution in [1.29, 1.82) is 5.41 Å². The second kappa shape index (κ2) is 2.97. The Kier molecular flexibility index (Phi) is 2.85. The highest BCUT2D eigenvalue weighted by molar-refractivity contribution is 8.13. The van der Waals surface area contributed by atoms with Crippen LogP contribution in [0.15, 0.2) is 12.7 Å². The molecule has 0 saturated heterocycles. The molecule has 1 nitrogen and oxygen atoms in total. The first-order valence-corrected chi connectivity index (χ1v) is 2.78. The van der Waals surface area contributed by atoms with Crippen LogP contribution in [-0.4, -0.2) is 11.3 Å². The fourth-order valence-electron chi connectivity index (χ4n) is 0.0833. The SMILES string of the molecule is C=CC(=N)SC. The normalized spacial score (nSPS) is 7.50. The van der Waals surface area contributed by atoms with Crippen LogP contribution in [0.3, 0.4) is 0 Å². The van der Waals surface area contributed by atoms with E-state index in [1.807, 2.05) is 6.26 Å². The maximum Gasteiger partial charge on any atom is 0.0861 e. The minimum absolute atomic E-state index is 0.523. The highest BCUT2D eigenvalue weighted by Gasteiger charge is 1.76. The molecule has 34 valence electrons. The highest BCUT2D eigenvalue weighted by atomic mass is 32.2. The molecule has 0 aliphatic carbocycles. The monoisotopic (exact) mass is 101 g/mol. The molecular formula is C4H7NS. The molecule has 0 aliphatic heterocycles. The molecule has 0 radical (unpaired) electrons. The Bertz CT molecular complexity index is 67.9. The van der Waals surface area contributed by atoms with Gasteiger partial charge in [-0.25, -0.2) is 0 Å². The van der Waals surface area contributed by atoms with Crippen molar-refractivity contribution in [1.82, 2.24) is 0 Å². The second-order valence-electron chi connectivity index (χ2n) is 0.772. The summed E-state index contributed by atoms with van der Waals surface area (Å²) in [6.07, 6.45) is 3.37. The van der Waals surface area contributed by atoms with E-state index >= 15 is 0 Å². The van der Waals surface area contributed by atoms with Crippen LogP contribution in [0.4, 0.5) is 0 Å². The first-order chi connectivity index (χ1) is 2.81. The lowest BCUT2D eigenvalue weighted by Gasteiger charge is -1.80. The van der Waals surface area contributed by atoms with Crippen molar-refractivity contribution in [2.75, 3.05) is 6.26 Å². The lowest BCUT2D eigenvalue weighted by atomic mass is 10.7. The summed E-state index contributed by atoms with van der Waals surface area (Å²) in [5, 5.41) is 7.35. The van der Waals surface area contributed by atoms with Crippen LogP contribution in [0, 0.1) is 5.41 Å². The van der Waals surface area contributed by atoms with Crippen LogP contribution >= 0.6 is 11.8 Å². The van der Waals surface area contributed by atoms with Gasteiger partial charge in [0, 0.05) is 0 Å². The minimum atomic E-state index is 0.523. The summed E-state index contributed by atoms with van der Waals surface area (Å²) >= 11 is 1.39. The maximum absolute atomic E-state index is 6.83. The zero-order chi connectivity index (χ0) is 4.99. The van der Waals surface area contributed by atoms with Crippen LogP contribution in [0.25, 0.3) is 0 Å². The number of rotatable bonds is 1. The standard InChI is InChI=1S/C4H7NS/c1-3-4(5)6-2/h3,5H,1H2,2H3. The second-order valence-corrected chi connectivity index (χ2v) is 1.62. The molecule has 0 heterocycles. The van der Waals surface area contributed by atoms with E-state index in [0.29, 0.717) is 5.04 Å². The average Bonchev–Trinajstić information content (AvgIpc) is 1.65. The number of hydrogen-bond donors (Lipinski definition) is 1. The number of thioether (sulfide) groups is 1. The van der Waals surface area contributed by atoms with Gasteiger partial charge in [0.1, 0.15) is 0 Å². The molecule has 0 atom stereocenters. The highest BCUT2D eigenvalue weighted by Crippen LogP contribution is 1.92. The molecule has 2 heteroatoms. The molecule has 0 unspecified atom stereocenters. The van der Waals surface area contributed by atoms with Crippen molar-refractivity contribution in [3.63, 3.8) is 0 Å². The van der Waals surface area contributed by atoms with E-state index < -0.39 is 0 Å². The average molecular weight is 101 g/mol. The zero-order valence-electron chi connectivity index (χ0n) is 3.69. The Morgan fingerprint density at radius 2 is 2.50 bits per heavy atom. The van der Waals surface area contributed by atoms with E-state index in [0.717, 1.165) is 0 Å². The first-order valence-electron chi connectivity index (χ1n) is 1.56. The van der Waals surface area contributed by atoms with Gasteiger partial charge < -0.3 is 0 Å². The predicted octanol–water partition coefficient (Wildman–Crippen LogP) is 1.51. The van der Waals surface area contributed by atoms with Crippen molar-refractivity contribution in [3.05, 3.63) is 12.7 Å². The van der Waals surface area contributed by atoms with E-state index in [-0.39, 0.29) is 0 Å². The molecule has 0 saturated carbocycles. The van der Waals surface area contributed by atoms with E-state index in [2.05, 4.69) is 6.58 Å². The quantitative estimate of drug-likeness (QED) is 0.393. The molecule has 0 spiro atoms. The van der Waals surface area contributed by atoms with Crippen molar-refractivity contribution in [2.45, 2.75) is 0 Å². The van der Waals surface area contributed by atoms with Gasteiger partial charge in [-0.2, -0.15) is 0 Å². The minimum Gasteiger partial charge on any atom is -0.294 e. The van der Waals surface area contributed by atoms with Crippen LogP contribution in [0.1, 0.15) is 0 Å². The van der Waals surface area contributed by atoms with E-state index in [1.165, 1.54) is 17.8 Å². The summed E-state index contributed by atoms with van der Waals surface area (Å²) in [5.74, 6) is 0. The van der Waals surface area contributed by atoms with Gasteiger partial charge in [0.05, 0.1) is 5.04 Å². The first kappa shape index (κ1) is 5.76. The van der Waals surface area contributed by atoms with Gasteiger partial charge in [0.15, 0.2) is 0 Å². The van der Waals surface area contributed by atoms with Crippen LogP contribution in [-0.2, 0) is 0 Å². The van der Waals surface area contributed by atoms with Gasteiger partial charge in [-0.05, 0) is 12.3 Å². The summed E-state index contributed by atoms with van der Waals surface area (Å²) in [4.78, 5) is 0. The third kappa shape index (κ3) is 2.03. The molecule has 1 N–H and O–H groups in total. The Morgan fingerprint density at radius 1 is 2.00 bits per heavy atom. The van der Waals surface area contributed by atoms with E-state index in [1.54, 1.807) is 0 Å². The molecule has 0 aromatic carbocycles. The van der Waals surface area contributed by atoms with Gasteiger partial charge in [0.2, 0.25) is 0 Å². The number of hydrogen-bond acceptors (Lipinski definition) is 2. The fourth-order valence-corrected chi connectivity index (χ4v) is 0.250. The lowest BCUT2D eigenvalue weighted by molar-refractivity contribution is 1.57. The van der Waals surface area contributed by atoms with Crippen molar-refractivity contribution in [2.24, 2.45) is 0 Å². The molecule has 0 aromatic rings. The molecule has 0 amide bonds. The zero-order valence-corrected chi connectivity index (χ0v) is 4.51. The summed E-state index contributed by atoms with van der Waals surface area (Å²) in [5.41, 5.74) is 0. The maximum atomic E-state index is 6.83. The Balaban J connectivity index is 3.23. The Morgan fingerprint density at radius 3 is 2.50 bits per heavy atom. The van der Waals surface area contributed by atoms with Crippen LogP contribution in [0.5, 0.6) is 0 Å². The van der Waals surface area contributed by atoms with Crippen molar-refractivity contribution < 1.29 is 0 Å². The van der Waals surface area contributed by atoms with Crippen molar-refractivity contribution in [3.8, 4) is 0 Å². The Hall–Kier alpha value is -0.240. The molecular weight excluding hydrogens is 94.1 g/mol. The third-order valence-corrected chi connectivity index (χ3v) is 1.01. The van der Waals surface area contributed by atoms with E-state index in [4.69, 9.17) is 5.41 Å². The summed E-state index contributed by atoms with van der Waals surface area (Å²) in [6.45, 7) is 3.39. The molecule has 6 heavy (non-hydrogen) atoms. The van der Waals surface area contributed by atoms with Crippen LogP contribution < -0.4 is 0 Å². The Labute approximate surface area is 42.0 Å². The summed E-state index contributed by atoms with van der Waals surface area (Å²) in [7, 11) is 0.